The Balaban J connectivity index is 1.75. The summed E-state index contributed by atoms with van der Waals surface area (Å²) < 4.78 is 0. The third-order valence-electron chi connectivity index (χ3n) is 4.20. The van der Waals surface area contributed by atoms with Gasteiger partial charge in [-0.05, 0) is 6.42 Å². The zero-order chi connectivity index (χ0) is 15.5. The summed E-state index contributed by atoms with van der Waals surface area (Å²) in [6, 6.07) is 7.71. The molecular weight excluding hydrogens is 278 g/mol. The molecule has 1 amide bonds. The van der Waals surface area contributed by atoms with Crippen molar-refractivity contribution in [3.8, 4) is 0 Å². The second-order valence-electron chi connectivity index (χ2n) is 5.58. The van der Waals surface area contributed by atoms with Gasteiger partial charge >= 0.3 is 0 Å². The minimum atomic E-state index is -0.385. The molecule has 1 aromatic carbocycles. The summed E-state index contributed by atoms with van der Waals surface area (Å²) in [4.78, 5) is 16.2. The first kappa shape index (κ1) is 14.7. The number of nitrogens with zero attached hydrogens (tertiary/aromatic N) is 4. The smallest absolute Gasteiger partial charge is 0.239 e. The van der Waals surface area contributed by atoms with E-state index < -0.39 is 0 Å². The van der Waals surface area contributed by atoms with Gasteiger partial charge in [0.15, 0.2) is 5.82 Å². The maximum atomic E-state index is 12.1. The van der Waals surface area contributed by atoms with E-state index in [-0.39, 0.29) is 11.9 Å². The first-order chi connectivity index (χ1) is 10.7. The summed E-state index contributed by atoms with van der Waals surface area (Å²) in [5.41, 5.74) is 5.84. The molecule has 6 heteroatoms. The van der Waals surface area contributed by atoms with Gasteiger partial charge in [-0.3, -0.25) is 4.79 Å². The molecule has 1 aliphatic heterocycles. The number of anilines is 1. The highest BCUT2D eigenvalue weighted by Crippen LogP contribution is 2.24. The fourth-order valence-electron chi connectivity index (χ4n) is 2.79. The molecule has 0 bridgehead atoms. The summed E-state index contributed by atoms with van der Waals surface area (Å²) in [6.45, 7) is 4.80. The molecule has 116 valence electrons. The van der Waals surface area contributed by atoms with Crippen molar-refractivity contribution in [3.63, 3.8) is 0 Å². The van der Waals surface area contributed by atoms with Crippen LogP contribution in [-0.2, 0) is 4.79 Å². The number of benzene rings is 1. The van der Waals surface area contributed by atoms with Gasteiger partial charge in [0, 0.05) is 37.0 Å². The van der Waals surface area contributed by atoms with Crippen LogP contribution in [-0.4, -0.2) is 53.2 Å². The fourth-order valence-corrected chi connectivity index (χ4v) is 2.79. The summed E-state index contributed by atoms with van der Waals surface area (Å²) in [5.74, 6) is 0.941. The van der Waals surface area contributed by atoms with Crippen LogP contribution in [0.3, 0.4) is 0 Å². The molecule has 2 aromatic rings. The van der Waals surface area contributed by atoms with Crippen molar-refractivity contribution >= 4 is 22.5 Å². The summed E-state index contributed by atoms with van der Waals surface area (Å²) in [6.07, 6.45) is 2.45. The van der Waals surface area contributed by atoms with Gasteiger partial charge in [0.1, 0.15) is 0 Å². The number of amides is 1. The van der Waals surface area contributed by atoms with Crippen molar-refractivity contribution in [2.24, 2.45) is 5.73 Å². The van der Waals surface area contributed by atoms with Crippen LogP contribution >= 0.6 is 0 Å². The Bertz CT molecular complexity index is 661. The van der Waals surface area contributed by atoms with Gasteiger partial charge in [0.25, 0.3) is 0 Å². The summed E-state index contributed by atoms with van der Waals surface area (Å²) >= 11 is 0. The van der Waals surface area contributed by atoms with Gasteiger partial charge in [-0.15, -0.1) is 5.10 Å². The largest absolute Gasteiger partial charge is 0.351 e. The molecule has 1 saturated heterocycles. The van der Waals surface area contributed by atoms with Gasteiger partial charge in [-0.25, -0.2) is 0 Å². The van der Waals surface area contributed by atoms with Gasteiger partial charge in [-0.1, -0.05) is 31.2 Å². The quantitative estimate of drug-likeness (QED) is 0.915. The molecule has 2 N–H and O–H groups in total. The van der Waals surface area contributed by atoms with Crippen LogP contribution in [0.1, 0.15) is 13.3 Å². The summed E-state index contributed by atoms with van der Waals surface area (Å²) in [7, 11) is 0. The van der Waals surface area contributed by atoms with Gasteiger partial charge in [-0.2, -0.15) is 5.10 Å². The molecule has 1 aromatic heterocycles. The Morgan fingerprint density at radius 1 is 1.27 bits per heavy atom. The number of aromatic nitrogens is 2. The van der Waals surface area contributed by atoms with Crippen LogP contribution in [0.5, 0.6) is 0 Å². The lowest BCUT2D eigenvalue weighted by atomic mass is 10.1. The van der Waals surface area contributed by atoms with Crippen LogP contribution < -0.4 is 10.6 Å². The Labute approximate surface area is 129 Å². The Morgan fingerprint density at radius 2 is 2.00 bits per heavy atom. The molecule has 0 aliphatic carbocycles. The molecule has 0 saturated carbocycles. The third kappa shape index (κ3) is 2.74. The second kappa shape index (κ2) is 6.27. The van der Waals surface area contributed by atoms with Crippen LogP contribution in [0.2, 0.25) is 0 Å². The van der Waals surface area contributed by atoms with Crippen molar-refractivity contribution in [2.45, 2.75) is 19.4 Å². The van der Waals surface area contributed by atoms with E-state index in [9.17, 15) is 4.79 Å². The lowest BCUT2D eigenvalue weighted by Gasteiger charge is -2.36. The van der Waals surface area contributed by atoms with Gasteiger partial charge in [0.2, 0.25) is 5.91 Å². The molecule has 22 heavy (non-hydrogen) atoms. The topological polar surface area (TPSA) is 75.4 Å². The molecule has 6 nitrogen and oxygen atoms in total. The molecule has 3 rings (SSSR count). The van der Waals surface area contributed by atoms with E-state index in [4.69, 9.17) is 5.73 Å². The molecule has 0 radical (unpaired) electrons. The zero-order valence-electron chi connectivity index (χ0n) is 12.8. The minimum Gasteiger partial charge on any atom is -0.351 e. The Kier molecular flexibility index (Phi) is 4.20. The first-order valence-electron chi connectivity index (χ1n) is 7.70. The highest BCUT2D eigenvalue weighted by atomic mass is 16.2. The van der Waals surface area contributed by atoms with E-state index in [1.165, 1.54) is 0 Å². The van der Waals surface area contributed by atoms with Crippen molar-refractivity contribution in [3.05, 3.63) is 30.5 Å². The van der Waals surface area contributed by atoms with E-state index in [1.807, 2.05) is 30.0 Å². The van der Waals surface area contributed by atoms with E-state index in [0.29, 0.717) is 19.5 Å². The van der Waals surface area contributed by atoms with Crippen LogP contribution in [0.15, 0.2) is 30.5 Å². The van der Waals surface area contributed by atoms with Crippen LogP contribution in [0, 0.1) is 0 Å². The van der Waals surface area contributed by atoms with Gasteiger partial charge < -0.3 is 15.5 Å². The van der Waals surface area contributed by atoms with E-state index in [0.717, 1.165) is 29.7 Å². The van der Waals surface area contributed by atoms with Crippen LogP contribution in [0.25, 0.3) is 10.8 Å². The number of carbonyl (C=O) groups is 1. The SMILES string of the molecule is CC[C@@H](N)C(=O)N1CCN(c2nncc3ccccc23)CC1. The highest BCUT2D eigenvalue weighted by molar-refractivity contribution is 5.91. The number of nitrogens with two attached hydrogens (primary N) is 1. The average molecular weight is 299 g/mol. The lowest BCUT2D eigenvalue weighted by molar-refractivity contribution is -0.132. The summed E-state index contributed by atoms with van der Waals surface area (Å²) in [5, 5.41) is 10.6. The molecular formula is C16H21N5O. The van der Waals surface area contributed by atoms with E-state index in [1.54, 1.807) is 6.20 Å². The van der Waals surface area contributed by atoms with E-state index in [2.05, 4.69) is 21.2 Å². The standard InChI is InChI=1S/C16H21N5O/c1-2-14(17)16(22)21-9-7-20(8-10-21)15-13-6-4-3-5-12(13)11-18-19-15/h3-6,11,14H,2,7-10,17H2,1H3/t14-/m1/s1. The predicted molar refractivity (Wildman–Crippen MR) is 86.6 cm³/mol. The monoisotopic (exact) mass is 299 g/mol. The van der Waals surface area contributed by atoms with Crippen molar-refractivity contribution in [1.82, 2.24) is 15.1 Å². The number of piperazine rings is 1. The second-order valence-corrected chi connectivity index (χ2v) is 5.58. The van der Waals surface area contributed by atoms with Crippen molar-refractivity contribution in [2.75, 3.05) is 31.1 Å². The van der Waals surface area contributed by atoms with E-state index >= 15 is 0 Å². The van der Waals surface area contributed by atoms with Crippen molar-refractivity contribution < 1.29 is 4.79 Å². The molecule has 0 unspecified atom stereocenters. The maximum Gasteiger partial charge on any atom is 0.239 e. The van der Waals surface area contributed by atoms with Gasteiger partial charge in [0.05, 0.1) is 12.2 Å². The number of hydrogen-bond acceptors (Lipinski definition) is 5. The number of hydrogen-bond donors (Lipinski definition) is 1. The average Bonchev–Trinajstić information content (AvgIpc) is 2.60. The van der Waals surface area contributed by atoms with Crippen LogP contribution in [0.4, 0.5) is 5.82 Å². The zero-order valence-corrected chi connectivity index (χ0v) is 12.8. The third-order valence-corrected chi connectivity index (χ3v) is 4.20. The Morgan fingerprint density at radius 3 is 2.73 bits per heavy atom. The normalized spacial score (nSPS) is 16.8. The maximum absolute atomic E-state index is 12.1. The number of fused-ring (bicyclic) bond motifs is 1. The molecule has 1 atom stereocenters. The first-order valence-corrected chi connectivity index (χ1v) is 7.70. The molecule has 0 spiro atoms. The predicted octanol–water partition coefficient (Wildman–Crippen LogP) is 1.02. The number of rotatable bonds is 3. The minimum absolute atomic E-state index is 0.0474. The molecule has 1 aliphatic rings. The molecule has 2 heterocycles. The molecule has 1 fully saturated rings. The highest BCUT2D eigenvalue weighted by Gasteiger charge is 2.25. The lowest BCUT2D eigenvalue weighted by Crippen LogP contribution is -2.53. The fraction of sp³-hybridized carbons (Fsp3) is 0.438. The number of carbonyl (C=O) groups excluding carboxylic acids is 1. The van der Waals surface area contributed by atoms with Crippen molar-refractivity contribution in [1.29, 1.82) is 0 Å². The Hall–Kier alpha value is -2.21.